The average Bonchev–Trinajstić information content (AvgIpc) is 2.78. The summed E-state index contributed by atoms with van der Waals surface area (Å²) in [6.45, 7) is 2.71. The van der Waals surface area contributed by atoms with Crippen LogP contribution in [0.25, 0.3) is 0 Å². The molecule has 0 bridgehead atoms. The van der Waals surface area contributed by atoms with Crippen LogP contribution in [0, 0.1) is 5.92 Å². The summed E-state index contributed by atoms with van der Waals surface area (Å²) in [6, 6.07) is 12.3. The lowest BCUT2D eigenvalue weighted by molar-refractivity contribution is -0.121. The second-order valence-corrected chi connectivity index (χ2v) is 11.1. The van der Waals surface area contributed by atoms with E-state index in [1.807, 2.05) is 18.2 Å². The Hall–Kier alpha value is -2.23. The number of hydrogen-bond acceptors (Lipinski definition) is 4. The average molecular weight is 520 g/mol. The van der Waals surface area contributed by atoms with Gasteiger partial charge in [-0.1, -0.05) is 22.0 Å². The summed E-state index contributed by atoms with van der Waals surface area (Å²) in [4.78, 5) is 26.6. The second kappa shape index (κ2) is 9.33. The molecule has 2 aliphatic heterocycles. The lowest BCUT2D eigenvalue weighted by atomic mass is 9.99. The van der Waals surface area contributed by atoms with Gasteiger partial charge in [-0.2, -0.15) is 4.31 Å². The first kappa shape index (κ1) is 22.9. The zero-order valence-electron chi connectivity index (χ0n) is 17.9. The van der Waals surface area contributed by atoms with Crippen molar-refractivity contribution in [2.45, 2.75) is 37.5 Å². The van der Waals surface area contributed by atoms with Gasteiger partial charge < -0.3 is 10.2 Å². The summed E-state index contributed by atoms with van der Waals surface area (Å²) < 4.78 is 29.0. The Labute approximate surface area is 197 Å². The van der Waals surface area contributed by atoms with Crippen molar-refractivity contribution < 1.29 is 18.0 Å². The number of benzene rings is 2. The number of fused-ring (bicyclic) bond motifs is 1. The largest absolute Gasteiger partial charge is 0.326 e. The number of carbonyl (C=O) groups excluding carboxylic acids is 2. The van der Waals surface area contributed by atoms with E-state index >= 15 is 0 Å². The predicted molar refractivity (Wildman–Crippen MR) is 127 cm³/mol. The fourth-order valence-corrected chi connectivity index (χ4v) is 6.37. The Bertz CT molecular complexity index is 1150. The van der Waals surface area contributed by atoms with Gasteiger partial charge in [-0.15, -0.1) is 0 Å². The van der Waals surface area contributed by atoms with E-state index in [0.717, 1.165) is 28.6 Å². The van der Waals surface area contributed by atoms with Crippen LogP contribution in [0.1, 0.15) is 31.7 Å². The highest BCUT2D eigenvalue weighted by Crippen LogP contribution is 2.32. The number of hydrogen-bond donors (Lipinski definition) is 1. The van der Waals surface area contributed by atoms with Gasteiger partial charge in [0.25, 0.3) is 0 Å². The molecule has 1 atom stereocenters. The minimum Gasteiger partial charge on any atom is -0.326 e. The number of piperidine rings is 1. The molecule has 1 fully saturated rings. The summed E-state index contributed by atoms with van der Waals surface area (Å²) in [5.41, 5.74) is 2.33. The normalized spacial score (nSPS) is 19.3. The Morgan fingerprint density at radius 2 is 1.91 bits per heavy atom. The molecule has 2 aliphatic rings. The van der Waals surface area contributed by atoms with E-state index in [4.69, 9.17) is 0 Å². The molecule has 9 heteroatoms. The fraction of sp³-hybridized carbons (Fsp3) is 0.391. The molecule has 0 aliphatic carbocycles. The molecule has 2 heterocycles. The minimum atomic E-state index is -3.74. The molecule has 4 rings (SSSR count). The number of rotatable bonds is 4. The van der Waals surface area contributed by atoms with Crippen LogP contribution in [0.4, 0.5) is 11.4 Å². The lowest BCUT2D eigenvalue weighted by Gasteiger charge is -2.32. The number of carbonyl (C=O) groups is 2. The van der Waals surface area contributed by atoms with Crippen LogP contribution >= 0.6 is 15.9 Å². The van der Waals surface area contributed by atoms with Crippen molar-refractivity contribution in [2.75, 3.05) is 29.9 Å². The molecule has 0 radical (unpaired) electrons. The summed E-state index contributed by atoms with van der Waals surface area (Å²) in [5, 5.41) is 2.89. The first-order chi connectivity index (χ1) is 15.3. The summed E-state index contributed by atoms with van der Waals surface area (Å²) in [7, 11) is -3.74. The van der Waals surface area contributed by atoms with Gasteiger partial charge in [-0.25, -0.2) is 8.42 Å². The van der Waals surface area contributed by atoms with Crippen molar-refractivity contribution in [3.8, 4) is 0 Å². The van der Waals surface area contributed by atoms with Crippen molar-refractivity contribution in [1.82, 2.24) is 4.31 Å². The summed E-state index contributed by atoms with van der Waals surface area (Å²) >= 11 is 3.39. The van der Waals surface area contributed by atoms with E-state index in [-0.39, 0.29) is 23.3 Å². The smallest absolute Gasteiger partial charge is 0.243 e. The van der Waals surface area contributed by atoms with Gasteiger partial charge in [0.1, 0.15) is 0 Å². The standard InChI is InChI=1S/C23H26BrN3O4S/c1-16(28)27-12-4-5-17-13-21(9-10-22(17)27)32(30,31)26-11-3-6-18(15-26)23(29)25-20-8-2-7-19(24)14-20/h2,7-10,13-14,18H,3-6,11-12,15H2,1H3,(H,25,29)/t18-/m0/s1. The van der Waals surface area contributed by atoms with Crippen LogP contribution in [0.5, 0.6) is 0 Å². The van der Waals surface area contributed by atoms with Crippen molar-refractivity contribution in [1.29, 1.82) is 0 Å². The summed E-state index contributed by atoms with van der Waals surface area (Å²) in [5.74, 6) is -0.634. The van der Waals surface area contributed by atoms with Crippen LogP contribution < -0.4 is 10.2 Å². The molecule has 0 aromatic heterocycles. The quantitative estimate of drug-likeness (QED) is 0.665. The third-order valence-electron chi connectivity index (χ3n) is 6.03. The zero-order chi connectivity index (χ0) is 22.9. The monoisotopic (exact) mass is 519 g/mol. The van der Waals surface area contributed by atoms with Crippen LogP contribution in [0.3, 0.4) is 0 Å². The SMILES string of the molecule is CC(=O)N1CCCc2cc(S(=O)(=O)N3CCC[C@H](C(=O)Nc4cccc(Br)c4)C3)ccc21. The number of aryl methyl sites for hydroxylation is 1. The molecule has 2 aromatic rings. The second-order valence-electron chi connectivity index (χ2n) is 8.27. The van der Waals surface area contributed by atoms with Crippen LogP contribution in [0.2, 0.25) is 0 Å². The molecule has 0 unspecified atom stereocenters. The van der Waals surface area contributed by atoms with Crippen LogP contribution in [0.15, 0.2) is 51.8 Å². The molecule has 2 aromatic carbocycles. The minimum absolute atomic E-state index is 0.0445. The van der Waals surface area contributed by atoms with Gasteiger partial charge in [0.15, 0.2) is 0 Å². The van der Waals surface area contributed by atoms with Crippen LogP contribution in [-0.4, -0.2) is 44.2 Å². The maximum atomic E-state index is 13.4. The molecule has 0 saturated carbocycles. The van der Waals surface area contributed by atoms with Gasteiger partial charge in [0.05, 0.1) is 10.8 Å². The first-order valence-electron chi connectivity index (χ1n) is 10.7. The predicted octanol–water partition coefficient (Wildman–Crippen LogP) is 3.79. The van der Waals surface area contributed by atoms with Crippen LogP contribution in [-0.2, 0) is 26.0 Å². The van der Waals surface area contributed by atoms with E-state index in [0.29, 0.717) is 31.6 Å². The molecular formula is C23H26BrN3O4S. The van der Waals surface area contributed by atoms with E-state index in [9.17, 15) is 18.0 Å². The van der Waals surface area contributed by atoms with E-state index in [1.165, 1.54) is 11.2 Å². The molecule has 32 heavy (non-hydrogen) atoms. The third kappa shape index (κ3) is 4.74. The van der Waals surface area contributed by atoms with Crippen molar-refractivity contribution in [3.05, 3.63) is 52.5 Å². The van der Waals surface area contributed by atoms with Gasteiger partial charge in [-0.3, -0.25) is 9.59 Å². The zero-order valence-corrected chi connectivity index (χ0v) is 20.3. The number of halogens is 1. The Morgan fingerprint density at radius 1 is 1.09 bits per heavy atom. The van der Waals surface area contributed by atoms with Crippen molar-refractivity contribution in [2.24, 2.45) is 5.92 Å². The molecule has 0 spiro atoms. The van der Waals surface area contributed by atoms with Gasteiger partial charge >= 0.3 is 0 Å². The number of amides is 2. The maximum Gasteiger partial charge on any atom is 0.243 e. The van der Waals surface area contributed by atoms with E-state index in [1.54, 1.807) is 29.2 Å². The molecular weight excluding hydrogens is 494 g/mol. The number of sulfonamides is 1. The fourth-order valence-electron chi connectivity index (χ4n) is 4.40. The Morgan fingerprint density at radius 3 is 2.66 bits per heavy atom. The molecule has 1 saturated heterocycles. The highest BCUT2D eigenvalue weighted by molar-refractivity contribution is 9.10. The molecule has 170 valence electrons. The lowest BCUT2D eigenvalue weighted by Crippen LogP contribution is -2.43. The van der Waals surface area contributed by atoms with E-state index in [2.05, 4.69) is 21.2 Å². The number of nitrogens with one attached hydrogen (secondary N) is 1. The van der Waals surface area contributed by atoms with E-state index < -0.39 is 15.9 Å². The number of nitrogens with zero attached hydrogens (tertiary/aromatic N) is 2. The Kier molecular flexibility index (Phi) is 6.69. The topological polar surface area (TPSA) is 86.8 Å². The Balaban J connectivity index is 1.51. The van der Waals surface area contributed by atoms with Gasteiger partial charge in [-0.05, 0) is 67.6 Å². The van der Waals surface area contributed by atoms with Crippen molar-refractivity contribution in [3.63, 3.8) is 0 Å². The van der Waals surface area contributed by atoms with Gasteiger partial charge in [0, 0.05) is 42.4 Å². The van der Waals surface area contributed by atoms with Crippen molar-refractivity contribution >= 4 is 49.1 Å². The van der Waals surface area contributed by atoms with Gasteiger partial charge in [0.2, 0.25) is 21.8 Å². The highest BCUT2D eigenvalue weighted by Gasteiger charge is 2.34. The molecule has 1 N–H and O–H groups in total. The first-order valence-corrected chi connectivity index (χ1v) is 13.0. The summed E-state index contributed by atoms with van der Waals surface area (Å²) in [6.07, 6.45) is 2.81. The third-order valence-corrected chi connectivity index (χ3v) is 8.39. The maximum absolute atomic E-state index is 13.4. The molecule has 2 amide bonds. The highest BCUT2D eigenvalue weighted by atomic mass is 79.9. The number of anilines is 2. The molecule has 7 nitrogen and oxygen atoms in total.